The number of halogens is 2. The van der Waals surface area contributed by atoms with E-state index < -0.39 is 5.60 Å². The lowest BCUT2D eigenvalue weighted by atomic mass is 9.61. The summed E-state index contributed by atoms with van der Waals surface area (Å²) in [5, 5.41) is 12.4. The van der Waals surface area contributed by atoms with E-state index in [0.717, 1.165) is 37.8 Å². The molecule has 112 valence electrons. The molecule has 1 aliphatic carbocycles. The largest absolute Gasteiger partial charge is 0.385 e. The van der Waals surface area contributed by atoms with Crippen LogP contribution < -0.4 is 0 Å². The molecule has 1 saturated carbocycles. The van der Waals surface area contributed by atoms with Gasteiger partial charge in [0, 0.05) is 12.0 Å². The summed E-state index contributed by atoms with van der Waals surface area (Å²) in [6.45, 7) is 3.03. The third-order valence-corrected chi connectivity index (χ3v) is 5.32. The second kappa shape index (κ2) is 5.84. The highest BCUT2D eigenvalue weighted by Crippen LogP contribution is 2.51. The van der Waals surface area contributed by atoms with Crippen LogP contribution in [0.15, 0.2) is 18.2 Å². The van der Waals surface area contributed by atoms with Crippen molar-refractivity contribution in [3.05, 3.63) is 33.8 Å². The van der Waals surface area contributed by atoms with Crippen molar-refractivity contribution in [1.29, 1.82) is 0 Å². The van der Waals surface area contributed by atoms with Crippen molar-refractivity contribution in [1.82, 2.24) is 4.90 Å². The first-order chi connectivity index (χ1) is 9.28. The van der Waals surface area contributed by atoms with Gasteiger partial charge in [-0.25, -0.2) is 0 Å². The smallest absolute Gasteiger partial charge is 0.0962 e. The molecule has 1 aliphatic rings. The Morgan fingerprint density at radius 2 is 1.80 bits per heavy atom. The predicted octanol–water partition coefficient (Wildman–Crippen LogP) is 4.32. The molecule has 0 saturated heterocycles. The Hall–Kier alpha value is -0.280. The van der Waals surface area contributed by atoms with Crippen molar-refractivity contribution >= 4 is 23.2 Å². The highest BCUT2D eigenvalue weighted by atomic mass is 35.5. The minimum atomic E-state index is -0.844. The van der Waals surface area contributed by atoms with Crippen LogP contribution in [0.3, 0.4) is 0 Å². The van der Waals surface area contributed by atoms with Crippen molar-refractivity contribution in [2.45, 2.75) is 38.2 Å². The maximum absolute atomic E-state index is 11.4. The van der Waals surface area contributed by atoms with Crippen LogP contribution in [-0.4, -0.2) is 30.6 Å². The third kappa shape index (κ3) is 2.85. The number of benzene rings is 1. The minimum absolute atomic E-state index is 0.175. The summed E-state index contributed by atoms with van der Waals surface area (Å²) >= 11 is 12.1. The van der Waals surface area contributed by atoms with Crippen LogP contribution in [0.2, 0.25) is 10.0 Å². The number of rotatable bonds is 3. The van der Waals surface area contributed by atoms with Crippen LogP contribution in [0.5, 0.6) is 0 Å². The molecule has 1 aromatic rings. The quantitative estimate of drug-likeness (QED) is 0.897. The van der Waals surface area contributed by atoms with Crippen molar-refractivity contribution in [2.24, 2.45) is 5.41 Å². The average Bonchev–Trinajstić information content (AvgIpc) is 2.35. The van der Waals surface area contributed by atoms with E-state index in [0.29, 0.717) is 10.0 Å². The zero-order valence-corrected chi connectivity index (χ0v) is 13.9. The summed E-state index contributed by atoms with van der Waals surface area (Å²) < 4.78 is 0. The molecule has 0 unspecified atom stereocenters. The molecule has 0 aliphatic heterocycles. The van der Waals surface area contributed by atoms with E-state index in [1.807, 2.05) is 12.1 Å². The molecule has 0 spiro atoms. The van der Waals surface area contributed by atoms with Crippen LogP contribution in [-0.2, 0) is 5.60 Å². The third-order valence-electron chi connectivity index (χ3n) is 4.58. The normalized spacial score (nSPS) is 30.8. The standard InChI is InChI=1S/C16H23Cl2NO/c1-15(11-19(2)3)8-4-5-9-16(15,20)12-6-7-13(17)14(18)10-12/h6-7,10,20H,4-5,8-9,11H2,1-3H3/t15-,16+/m1/s1. The number of hydrogen-bond donors (Lipinski definition) is 1. The molecule has 2 nitrogen and oxygen atoms in total. The monoisotopic (exact) mass is 315 g/mol. The van der Waals surface area contributed by atoms with Crippen LogP contribution in [0, 0.1) is 5.41 Å². The topological polar surface area (TPSA) is 23.5 Å². The molecule has 2 atom stereocenters. The van der Waals surface area contributed by atoms with Gasteiger partial charge in [0.05, 0.1) is 15.6 Å². The van der Waals surface area contributed by atoms with Gasteiger partial charge in [-0.2, -0.15) is 0 Å². The van der Waals surface area contributed by atoms with E-state index in [9.17, 15) is 5.11 Å². The van der Waals surface area contributed by atoms with Gasteiger partial charge in [0.2, 0.25) is 0 Å². The maximum Gasteiger partial charge on any atom is 0.0962 e. The lowest BCUT2D eigenvalue weighted by Gasteiger charge is -2.50. The highest BCUT2D eigenvalue weighted by molar-refractivity contribution is 6.42. The molecule has 0 bridgehead atoms. The molecule has 1 aromatic carbocycles. The molecule has 4 heteroatoms. The maximum atomic E-state index is 11.4. The number of nitrogens with zero attached hydrogens (tertiary/aromatic N) is 1. The summed E-state index contributed by atoms with van der Waals surface area (Å²) in [5.41, 5.74) is -0.133. The molecule has 1 fully saturated rings. The van der Waals surface area contributed by atoms with Crippen LogP contribution in [0.1, 0.15) is 38.2 Å². The van der Waals surface area contributed by atoms with Crippen molar-refractivity contribution in [3.8, 4) is 0 Å². The molecule has 1 N–H and O–H groups in total. The van der Waals surface area contributed by atoms with Gasteiger partial charge in [-0.15, -0.1) is 0 Å². The minimum Gasteiger partial charge on any atom is -0.385 e. The lowest BCUT2D eigenvalue weighted by molar-refractivity contribution is -0.121. The first kappa shape index (κ1) is 16.1. The molecule has 0 heterocycles. The van der Waals surface area contributed by atoms with E-state index >= 15 is 0 Å². The molecule has 0 aromatic heterocycles. The zero-order valence-electron chi connectivity index (χ0n) is 12.4. The summed E-state index contributed by atoms with van der Waals surface area (Å²) in [6, 6.07) is 5.51. The average molecular weight is 316 g/mol. The number of hydrogen-bond acceptors (Lipinski definition) is 2. The van der Waals surface area contributed by atoms with Gasteiger partial charge in [-0.1, -0.05) is 49.0 Å². The second-order valence-corrected chi connectivity index (χ2v) is 7.31. The van der Waals surface area contributed by atoms with Gasteiger partial charge in [0.15, 0.2) is 0 Å². The van der Waals surface area contributed by atoms with E-state index in [4.69, 9.17) is 23.2 Å². The van der Waals surface area contributed by atoms with Crippen molar-refractivity contribution < 1.29 is 5.11 Å². The Kier molecular flexibility index (Phi) is 4.70. The van der Waals surface area contributed by atoms with E-state index in [1.54, 1.807) is 6.07 Å². The Balaban J connectivity index is 2.44. The molecule has 2 rings (SSSR count). The van der Waals surface area contributed by atoms with Gasteiger partial charge < -0.3 is 10.0 Å². The Labute approximate surface area is 131 Å². The number of aliphatic hydroxyl groups is 1. The summed E-state index contributed by atoms with van der Waals surface area (Å²) in [7, 11) is 4.10. The van der Waals surface area contributed by atoms with Crippen molar-refractivity contribution in [3.63, 3.8) is 0 Å². The SMILES string of the molecule is CN(C)C[C@@]1(C)CCCC[C@]1(O)c1ccc(Cl)c(Cl)c1. The lowest BCUT2D eigenvalue weighted by Crippen LogP contribution is -2.51. The molecular formula is C16H23Cl2NO. The van der Waals surface area contributed by atoms with Gasteiger partial charge in [0.1, 0.15) is 0 Å². The molecular weight excluding hydrogens is 293 g/mol. The fraction of sp³-hybridized carbons (Fsp3) is 0.625. The van der Waals surface area contributed by atoms with Crippen molar-refractivity contribution in [2.75, 3.05) is 20.6 Å². The first-order valence-electron chi connectivity index (χ1n) is 7.11. The summed E-state index contributed by atoms with van der Waals surface area (Å²) in [4.78, 5) is 2.15. The van der Waals surface area contributed by atoms with Crippen LogP contribution >= 0.6 is 23.2 Å². The Bertz CT molecular complexity index is 491. The van der Waals surface area contributed by atoms with E-state index in [2.05, 4.69) is 25.9 Å². The van der Waals surface area contributed by atoms with E-state index in [-0.39, 0.29) is 5.41 Å². The zero-order chi connectivity index (χ0) is 15.0. The first-order valence-corrected chi connectivity index (χ1v) is 7.87. The van der Waals surface area contributed by atoms with Gasteiger partial charge in [0.25, 0.3) is 0 Å². The second-order valence-electron chi connectivity index (χ2n) is 6.49. The van der Waals surface area contributed by atoms with Crippen LogP contribution in [0.4, 0.5) is 0 Å². The summed E-state index contributed by atoms with van der Waals surface area (Å²) in [6.07, 6.45) is 3.99. The van der Waals surface area contributed by atoms with Crippen LogP contribution in [0.25, 0.3) is 0 Å². The highest BCUT2D eigenvalue weighted by Gasteiger charge is 2.49. The molecule has 20 heavy (non-hydrogen) atoms. The molecule has 0 radical (unpaired) electrons. The molecule has 0 amide bonds. The van der Waals surface area contributed by atoms with Gasteiger partial charge >= 0.3 is 0 Å². The Morgan fingerprint density at radius 3 is 2.40 bits per heavy atom. The van der Waals surface area contributed by atoms with Gasteiger partial charge in [-0.05, 0) is 44.6 Å². The fourth-order valence-corrected chi connectivity index (χ4v) is 3.86. The van der Waals surface area contributed by atoms with E-state index in [1.165, 1.54) is 0 Å². The Morgan fingerprint density at radius 1 is 1.15 bits per heavy atom. The summed E-state index contributed by atoms with van der Waals surface area (Å²) in [5.74, 6) is 0. The van der Waals surface area contributed by atoms with Gasteiger partial charge in [-0.3, -0.25) is 0 Å². The predicted molar refractivity (Wildman–Crippen MR) is 85.5 cm³/mol. The fourth-order valence-electron chi connectivity index (χ4n) is 3.56.